The second-order valence-corrected chi connectivity index (χ2v) is 6.93. The third kappa shape index (κ3) is 1.55. The lowest BCUT2D eigenvalue weighted by Gasteiger charge is -2.03. The minimum atomic E-state index is 0.144. The molecule has 3 nitrogen and oxygen atoms in total. The minimum Gasteiger partial charge on any atom is -0.296 e. The Morgan fingerprint density at radius 2 is 2.32 bits per heavy atom. The fourth-order valence-corrected chi connectivity index (χ4v) is 4.72. The Hall–Kier alpha value is -1.46. The summed E-state index contributed by atoms with van der Waals surface area (Å²) >= 11 is 3.32. The van der Waals surface area contributed by atoms with Gasteiger partial charge in [0, 0.05) is 28.3 Å². The number of thiophene rings is 2. The molecule has 1 aliphatic rings. The van der Waals surface area contributed by atoms with E-state index in [2.05, 4.69) is 18.4 Å². The lowest BCUT2D eigenvalue weighted by Crippen LogP contribution is -2.20. The second-order valence-electron chi connectivity index (χ2n) is 4.78. The van der Waals surface area contributed by atoms with Crippen molar-refractivity contribution in [3.8, 4) is 10.4 Å². The van der Waals surface area contributed by atoms with Crippen molar-refractivity contribution in [3.05, 3.63) is 38.6 Å². The molecule has 0 fully saturated rings. The van der Waals surface area contributed by atoms with E-state index in [-0.39, 0.29) is 5.56 Å². The predicted molar refractivity (Wildman–Crippen MR) is 80.3 cm³/mol. The quantitative estimate of drug-likeness (QED) is 0.687. The fourth-order valence-electron chi connectivity index (χ4n) is 2.77. The summed E-state index contributed by atoms with van der Waals surface area (Å²) in [4.78, 5) is 20.6. The van der Waals surface area contributed by atoms with Gasteiger partial charge < -0.3 is 0 Å². The van der Waals surface area contributed by atoms with Crippen molar-refractivity contribution in [3.63, 3.8) is 0 Å². The summed E-state index contributed by atoms with van der Waals surface area (Å²) in [6, 6.07) is 4.11. The van der Waals surface area contributed by atoms with Crippen LogP contribution in [0.2, 0.25) is 0 Å². The Morgan fingerprint density at radius 1 is 1.42 bits per heavy atom. The van der Waals surface area contributed by atoms with Gasteiger partial charge in [0.05, 0.1) is 5.39 Å². The second kappa shape index (κ2) is 4.02. The van der Waals surface area contributed by atoms with Gasteiger partial charge in [-0.1, -0.05) is 6.07 Å². The molecule has 0 aliphatic carbocycles. The third-order valence-electron chi connectivity index (χ3n) is 3.62. The molecular weight excluding hydrogens is 276 g/mol. The molecule has 0 N–H and O–H groups in total. The van der Waals surface area contributed by atoms with Gasteiger partial charge in [0.1, 0.15) is 10.7 Å². The summed E-state index contributed by atoms with van der Waals surface area (Å²) in [5.74, 6) is 0.955. The van der Waals surface area contributed by atoms with E-state index < -0.39 is 0 Å². The zero-order chi connectivity index (χ0) is 13.0. The molecule has 3 aromatic heterocycles. The lowest BCUT2D eigenvalue weighted by atomic mass is 10.1. The number of aromatic nitrogens is 2. The molecule has 0 saturated carbocycles. The van der Waals surface area contributed by atoms with Crippen molar-refractivity contribution in [1.82, 2.24) is 9.55 Å². The van der Waals surface area contributed by atoms with Crippen LogP contribution in [0, 0.1) is 6.92 Å². The van der Waals surface area contributed by atoms with Crippen LogP contribution in [0.3, 0.4) is 0 Å². The van der Waals surface area contributed by atoms with Crippen molar-refractivity contribution in [2.45, 2.75) is 26.3 Å². The van der Waals surface area contributed by atoms with Crippen LogP contribution >= 0.6 is 22.7 Å². The van der Waals surface area contributed by atoms with Gasteiger partial charge in [0.2, 0.25) is 0 Å². The fraction of sp³-hybridized carbons (Fsp3) is 0.286. The highest BCUT2D eigenvalue weighted by atomic mass is 32.1. The van der Waals surface area contributed by atoms with Gasteiger partial charge in [-0.15, -0.1) is 22.7 Å². The highest BCUT2D eigenvalue weighted by Crippen LogP contribution is 2.38. The summed E-state index contributed by atoms with van der Waals surface area (Å²) in [5.41, 5.74) is 1.24. The molecule has 19 heavy (non-hydrogen) atoms. The van der Waals surface area contributed by atoms with Gasteiger partial charge in [0.15, 0.2) is 0 Å². The van der Waals surface area contributed by atoms with E-state index in [4.69, 9.17) is 4.98 Å². The van der Waals surface area contributed by atoms with Crippen molar-refractivity contribution in [1.29, 1.82) is 0 Å². The molecule has 0 saturated heterocycles. The van der Waals surface area contributed by atoms with Gasteiger partial charge in [0.25, 0.3) is 5.56 Å². The Bertz CT molecular complexity index is 827. The molecule has 0 atom stereocenters. The topological polar surface area (TPSA) is 34.9 Å². The first-order chi connectivity index (χ1) is 9.25. The van der Waals surface area contributed by atoms with Crippen molar-refractivity contribution >= 4 is 32.9 Å². The van der Waals surface area contributed by atoms with E-state index in [1.807, 2.05) is 10.6 Å². The zero-order valence-corrected chi connectivity index (χ0v) is 12.1. The molecule has 4 rings (SSSR count). The zero-order valence-electron chi connectivity index (χ0n) is 10.5. The van der Waals surface area contributed by atoms with Gasteiger partial charge in [-0.25, -0.2) is 4.98 Å². The number of rotatable bonds is 1. The maximum Gasteiger partial charge on any atom is 0.262 e. The minimum absolute atomic E-state index is 0.144. The van der Waals surface area contributed by atoms with Crippen LogP contribution < -0.4 is 5.56 Å². The van der Waals surface area contributed by atoms with E-state index in [1.165, 1.54) is 9.75 Å². The molecular formula is C14H12N2OS2. The molecule has 3 aromatic rings. The van der Waals surface area contributed by atoms with E-state index >= 15 is 0 Å². The molecule has 0 bridgehead atoms. The molecule has 0 unspecified atom stereocenters. The van der Waals surface area contributed by atoms with Crippen molar-refractivity contribution in [2.75, 3.05) is 0 Å². The first-order valence-electron chi connectivity index (χ1n) is 6.32. The Labute approximate surface area is 118 Å². The average molecular weight is 288 g/mol. The van der Waals surface area contributed by atoms with Crippen LogP contribution in [-0.2, 0) is 13.0 Å². The molecule has 4 heterocycles. The van der Waals surface area contributed by atoms with Crippen molar-refractivity contribution in [2.24, 2.45) is 0 Å². The number of aryl methyl sites for hydroxylation is 2. The third-order valence-corrected chi connectivity index (χ3v) is 5.50. The maximum atomic E-state index is 12.7. The number of fused-ring (bicyclic) bond motifs is 2. The first-order valence-corrected chi connectivity index (χ1v) is 8.02. The van der Waals surface area contributed by atoms with Gasteiger partial charge in [-0.05, 0) is 24.8 Å². The normalized spacial score (nSPS) is 14.2. The molecule has 96 valence electrons. The summed E-state index contributed by atoms with van der Waals surface area (Å²) in [5, 5.41) is 2.87. The molecule has 0 spiro atoms. The van der Waals surface area contributed by atoms with Gasteiger partial charge in [-0.2, -0.15) is 0 Å². The largest absolute Gasteiger partial charge is 0.296 e. The van der Waals surface area contributed by atoms with Crippen LogP contribution in [0.4, 0.5) is 0 Å². The van der Waals surface area contributed by atoms with E-state index in [9.17, 15) is 4.79 Å². The monoisotopic (exact) mass is 288 g/mol. The number of nitrogens with zero attached hydrogens (tertiary/aromatic N) is 2. The summed E-state index contributed by atoms with van der Waals surface area (Å²) in [6.45, 7) is 2.90. The van der Waals surface area contributed by atoms with E-state index in [1.54, 1.807) is 22.7 Å². The van der Waals surface area contributed by atoms with Crippen LogP contribution in [0.25, 0.3) is 20.7 Å². The van der Waals surface area contributed by atoms with E-state index in [0.717, 1.165) is 41.0 Å². The van der Waals surface area contributed by atoms with E-state index in [0.29, 0.717) is 0 Å². The molecule has 0 aromatic carbocycles. The smallest absolute Gasteiger partial charge is 0.262 e. The highest BCUT2D eigenvalue weighted by Gasteiger charge is 2.22. The number of hydrogen-bond donors (Lipinski definition) is 0. The van der Waals surface area contributed by atoms with Crippen LogP contribution in [-0.4, -0.2) is 9.55 Å². The molecule has 0 radical (unpaired) electrons. The highest BCUT2D eigenvalue weighted by molar-refractivity contribution is 7.20. The maximum absolute atomic E-state index is 12.7. The van der Waals surface area contributed by atoms with Gasteiger partial charge >= 0.3 is 0 Å². The lowest BCUT2D eigenvalue weighted by molar-refractivity contribution is 0.720. The standard InChI is InChI=1S/C14H12N2OS2/c1-8-11(9-4-3-7-18-9)12-13(19-8)15-10-5-2-6-16(10)14(12)17/h3-4,7H,2,5-6H2,1H3. The summed E-state index contributed by atoms with van der Waals surface area (Å²) in [7, 11) is 0. The Balaban J connectivity index is 2.15. The average Bonchev–Trinajstić information content (AvgIpc) is 3.07. The molecule has 0 amide bonds. The predicted octanol–water partition coefficient (Wildman–Crippen LogP) is 3.44. The molecule has 5 heteroatoms. The van der Waals surface area contributed by atoms with Crippen LogP contribution in [0.15, 0.2) is 22.3 Å². The van der Waals surface area contributed by atoms with Crippen LogP contribution in [0.1, 0.15) is 17.1 Å². The molecule has 1 aliphatic heterocycles. The Morgan fingerprint density at radius 3 is 3.11 bits per heavy atom. The first kappa shape index (κ1) is 11.4. The number of hydrogen-bond acceptors (Lipinski definition) is 4. The van der Waals surface area contributed by atoms with Crippen LogP contribution in [0.5, 0.6) is 0 Å². The Kier molecular flexibility index (Phi) is 2.40. The SMILES string of the molecule is Cc1sc2nc3n(c(=O)c2c1-c1cccs1)CCC3. The summed E-state index contributed by atoms with van der Waals surface area (Å²) in [6.07, 6.45) is 1.96. The summed E-state index contributed by atoms with van der Waals surface area (Å²) < 4.78 is 1.85. The van der Waals surface area contributed by atoms with Crippen molar-refractivity contribution < 1.29 is 0 Å². The van der Waals surface area contributed by atoms with Gasteiger partial charge in [-0.3, -0.25) is 9.36 Å².